The van der Waals surface area contributed by atoms with Crippen molar-refractivity contribution in [2.24, 2.45) is 0 Å². The topological polar surface area (TPSA) is 64.1 Å². The van der Waals surface area contributed by atoms with Gasteiger partial charge in [0.2, 0.25) is 10.1 Å². The van der Waals surface area contributed by atoms with E-state index >= 15 is 0 Å². The monoisotopic (exact) mass is 303 g/mol. The van der Waals surface area contributed by atoms with E-state index in [1.807, 2.05) is 6.07 Å². The maximum atomic E-state index is 12.3. The van der Waals surface area contributed by atoms with Crippen molar-refractivity contribution in [1.29, 1.82) is 0 Å². The summed E-state index contributed by atoms with van der Waals surface area (Å²) in [6.07, 6.45) is -5.47. The third-order valence-corrected chi connectivity index (χ3v) is 2.97. The largest absolute Gasteiger partial charge is 0.445 e. The number of nitrogens with zero attached hydrogens (tertiary/aromatic N) is 2. The standard InChI is InChI=1S/C11H8F3N3O2S/c12-11(13,14)8-16-17-9(20-8)15-10(18)19-6-7-4-2-1-3-5-7/h1-5H,6H2,(H,15,17,18). The Morgan fingerprint density at radius 3 is 2.55 bits per heavy atom. The van der Waals surface area contributed by atoms with E-state index < -0.39 is 17.3 Å². The average Bonchev–Trinajstić information content (AvgIpc) is 2.86. The quantitative estimate of drug-likeness (QED) is 0.945. The van der Waals surface area contributed by atoms with Gasteiger partial charge < -0.3 is 4.74 Å². The summed E-state index contributed by atoms with van der Waals surface area (Å²) < 4.78 is 41.7. The van der Waals surface area contributed by atoms with Gasteiger partial charge >= 0.3 is 12.3 Å². The van der Waals surface area contributed by atoms with Gasteiger partial charge in [-0.15, -0.1) is 10.2 Å². The van der Waals surface area contributed by atoms with Crippen LogP contribution in [0.5, 0.6) is 0 Å². The molecule has 106 valence electrons. The molecule has 1 N–H and O–H groups in total. The summed E-state index contributed by atoms with van der Waals surface area (Å²) in [6.45, 7) is 0.0115. The first kappa shape index (κ1) is 14.3. The summed E-state index contributed by atoms with van der Waals surface area (Å²) in [5.41, 5.74) is 0.760. The summed E-state index contributed by atoms with van der Waals surface area (Å²) in [6, 6.07) is 8.86. The van der Waals surface area contributed by atoms with Crippen LogP contribution in [0.2, 0.25) is 0 Å². The molecule has 1 aromatic carbocycles. The summed E-state index contributed by atoms with van der Waals surface area (Å²) in [7, 11) is 0. The highest BCUT2D eigenvalue weighted by atomic mass is 32.1. The molecule has 2 aromatic rings. The molecule has 9 heteroatoms. The lowest BCUT2D eigenvalue weighted by Gasteiger charge is -2.04. The number of ether oxygens (including phenoxy) is 1. The minimum absolute atomic E-state index is 0.0115. The van der Waals surface area contributed by atoms with Gasteiger partial charge in [0.1, 0.15) is 6.61 Å². The van der Waals surface area contributed by atoms with Crippen molar-refractivity contribution in [2.45, 2.75) is 12.8 Å². The molecular weight excluding hydrogens is 295 g/mol. The predicted molar refractivity (Wildman–Crippen MR) is 65.2 cm³/mol. The van der Waals surface area contributed by atoms with Crippen LogP contribution < -0.4 is 5.32 Å². The number of hydrogen-bond acceptors (Lipinski definition) is 5. The van der Waals surface area contributed by atoms with Gasteiger partial charge in [-0.05, 0) is 5.56 Å². The number of anilines is 1. The number of halogens is 3. The van der Waals surface area contributed by atoms with E-state index in [-0.39, 0.29) is 23.1 Å². The molecule has 0 aliphatic carbocycles. The van der Waals surface area contributed by atoms with Crippen LogP contribution in [0.15, 0.2) is 30.3 Å². The zero-order valence-electron chi connectivity index (χ0n) is 9.85. The molecule has 0 unspecified atom stereocenters. The van der Waals surface area contributed by atoms with Crippen molar-refractivity contribution < 1.29 is 22.7 Å². The third-order valence-electron chi connectivity index (χ3n) is 2.09. The molecule has 0 radical (unpaired) electrons. The molecule has 5 nitrogen and oxygen atoms in total. The molecule has 20 heavy (non-hydrogen) atoms. The highest BCUT2D eigenvalue weighted by Gasteiger charge is 2.35. The first-order valence-corrected chi connectivity index (χ1v) is 6.15. The normalized spacial score (nSPS) is 11.2. The van der Waals surface area contributed by atoms with Crippen molar-refractivity contribution in [2.75, 3.05) is 5.32 Å². The Balaban J connectivity index is 1.87. The molecule has 1 heterocycles. The second-order valence-corrected chi connectivity index (χ2v) is 4.57. The van der Waals surface area contributed by atoms with Crippen molar-refractivity contribution in [3.63, 3.8) is 0 Å². The summed E-state index contributed by atoms with van der Waals surface area (Å²) in [5, 5.41) is 6.84. The molecule has 0 fully saturated rings. The van der Waals surface area contributed by atoms with Gasteiger partial charge in [0.05, 0.1) is 0 Å². The average molecular weight is 303 g/mol. The Morgan fingerprint density at radius 1 is 1.25 bits per heavy atom. The van der Waals surface area contributed by atoms with Gasteiger partial charge in [-0.25, -0.2) is 4.79 Å². The van der Waals surface area contributed by atoms with E-state index in [2.05, 4.69) is 15.5 Å². The predicted octanol–water partition coefficient (Wildman–Crippen LogP) is 3.31. The Labute approximate surface area is 115 Å². The van der Waals surface area contributed by atoms with Crippen LogP contribution in [0.4, 0.5) is 23.1 Å². The lowest BCUT2D eigenvalue weighted by molar-refractivity contribution is -0.138. The molecule has 2 rings (SSSR count). The number of rotatable bonds is 3. The fourth-order valence-corrected chi connectivity index (χ4v) is 1.83. The zero-order valence-corrected chi connectivity index (χ0v) is 10.7. The van der Waals surface area contributed by atoms with E-state index in [9.17, 15) is 18.0 Å². The molecule has 0 aliphatic rings. The fourth-order valence-electron chi connectivity index (χ4n) is 1.23. The van der Waals surface area contributed by atoms with Crippen LogP contribution in [-0.4, -0.2) is 16.3 Å². The number of nitrogens with one attached hydrogen (secondary N) is 1. The number of amides is 1. The van der Waals surface area contributed by atoms with E-state index in [4.69, 9.17) is 4.74 Å². The van der Waals surface area contributed by atoms with Crippen LogP contribution in [0, 0.1) is 0 Å². The Hall–Kier alpha value is -2.16. The lowest BCUT2D eigenvalue weighted by Crippen LogP contribution is -2.13. The highest BCUT2D eigenvalue weighted by Crippen LogP contribution is 2.32. The van der Waals surface area contributed by atoms with Crippen molar-refractivity contribution in [3.05, 3.63) is 40.9 Å². The number of hydrogen-bond donors (Lipinski definition) is 1. The maximum absolute atomic E-state index is 12.3. The Bertz CT molecular complexity index is 586. The number of aromatic nitrogens is 2. The molecule has 0 atom stereocenters. The first-order valence-electron chi connectivity index (χ1n) is 5.33. The summed E-state index contributed by atoms with van der Waals surface area (Å²) in [5.74, 6) is 0. The molecule has 0 saturated carbocycles. The molecule has 0 bridgehead atoms. The van der Waals surface area contributed by atoms with E-state index in [1.165, 1.54) is 0 Å². The van der Waals surface area contributed by atoms with Crippen LogP contribution in [-0.2, 0) is 17.5 Å². The lowest BCUT2D eigenvalue weighted by atomic mass is 10.2. The Morgan fingerprint density at radius 2 is 1.95 bits per heavy atom. The Kier molecular flexibility index (Phi) is 4.18. The molecule has 0 aliphatic heterocycles. The van der Waals surface area contributed by atoms with Crippen molar-refractivity contribution >= 4 is 22.6 Å². The second kappa shape index (κ2) is 5.87. The molecule has 0 spiro atoms. The number of benzene rings is 1. The van der Waals surface area contributed by atoms with Crippen LogP contribution in [0.1, 0.15) is 10.6 Å². The number of alkyl halides is 3. The SMILES string of the molecule is O=C(Nc1nnc(C(F)(F)F)s1)OCc1ccccc1. The minimum Gasteiger partial charge on any atom is -0.444 e. The van der Waals surface area contributed by atoms with E-state index in [0.717, 1.165) is 5.56 Å². The van der Waals surface area contributed by atoms with Crippen LogP contribution >= 0.6 is 11.3 Å². The third kappa shape index (κ3) is 3.92. The first-order chi connectivity index (χ1) is 9.45. The minimum atomic E-state index is -4.58. The second-order valence-electron chi connectivity index (χ2n) is 3.60. The molecule has 1 amide bonds. The van der Waals surface area contributed by atoms with E-state index in [0.29, 0.717) is 0 Å². The van der Waals surface area contributed by atoms with Gasteiger partial charge in [-0.1, -0.05) is 41.7 Å². The number of carbonyl (C=O) groups excluding carboxylic acids is 1. The molecular formula is C11H8F3N3O2S. The highest BCUT2D eigenvalue weighted by molar-refractivity contribution is 7.15. The van der Waals surface area contributed by atoms with Crippen LogP contribution in [0.25, 0.3) is 0 Å². The van der Waals surface area contributed by atoms with Gasteiger partial charge in [-0.2, -0.15) is 13.2 Å². The molecule has 1 aromatic heterocycles. The van der Waals surface area contributed by atoms with Crippen molar-refractivity contribution in [1.82, 2.24) is 10.2 Å². The summed E-state index contributed by atoms with van der Waals surface area (Å²) in [4.78, 5) is 11.4. The van der Waals surface area contributed by atoms with Gasteiger partial charge in [0.25, 0.3) is 0 Å². The summed E-state index contributed by atoms with van der Waals surface area (Å²) >= 11 is 0.231. The van der Waals surface area contributed by atoms with Gasteiger partial charge in [-0.3, -0.25) is 5.32 Å². The van der Waals surface area contributed by atoms with E-state index in [1.54, 1.807) is 24.3 Å². The van der Waals surface area contributed by atoms with Gasteiger partial charge in [0.15, 0.2) is 0 Å². The fraction of sp³-hybridized carbons (Fsp3) is 0.182. The van der Waals surface area contributed by atoms with Crippen molar-refractivity contribution in [3.8, 4) is 0 Å². The zero-order chi connectivity index (χ0) is 14.6. The number of carbonyl (C=O) groups is 1. The van der Waals surface area contributed by atoms with Gasteiger partial charge in [0, 0.05) is 0 Å². The molecule has 0 saturated heterocycles. The maximum Gasteiger partial charge on any atom is 0.445 e. The van der Waals surface area contributed by atoms with Crippen LogP contribution in [0.3, 0.4) is 0 Å². The smallest absolute Gasteiger partial charge is 0.444 e.